The fourth-order valence-corrected chi connectivity index (χ4v) is 2.13. The van der Waals surface area contributed by atoms with Crippen LogP contribution in [0.15, 0.2) is 30.5 Å². The Bertz CT molecular complexity index is 520. The van der Waals surface area contributed by atoms with Gasteiger partial charge >= 0.3 is 0 Å². The van der Waals surface area contributed by atoms with Crippen LogP contribution in [0.5, 0.6) is 0 Å². The molecule has 0 bridgehead atoms. The van der Waals surface area contributed by atoms with E-state index in [1.54, 1.807) is 6.20 Å². The lowest BCUT2D eigenvalue weighted by Gasteiger charge is -2.12. The molecule has 0 radical (unpaired) electrons. The third kappa shape index (κ3) is 2.35. The molecule has 0 fully saturated rings. The van der Waals surface area contributed by atoms with Gasteiger partial charge in [0, 0.05) is 10.6 Å². The predicted octanol–water partition coefficient (Wildman–Crippen LogP) is 3.14. The minimum atomic E-state index is 0.00801. The van der Waals surface area contributed by atoms with Gasteiger partial charge in [0.05, 0.1) is 24.2 Å². The second kappa shape index (κ2) is 4.90. The minimum Gasteiger partial charge on any atom is -0.392 e. The number of hydrogen-bond acceptors (Lipinski definition) is 2. The monoisotopic (exact) mass is 250 g/mol. The smallest absolute Gasteiger partial charge is 0.0715 e. The van der Waals surface area contributed by atoms with E-state index in [1.807, 2.05) is 28.9 Å². The molecule has 0 atom stereocenters. The number of aliphatic hydroxyl groups excluding tert-OH is 1. The lowest BCUT2D eigenvalue weighted by molar-refractivity contribution is 0.280. The second-order valence-corrected chi connectivity index (χ2v) is 4.70. The maximum absolute atomic E-state index is 9.30. The van der Waals surface area contributed by atoms with E-state index in [9.17, 15) is 5.11 Å². The highest BCUT2D eigenvalue weighted by atomic mass is 35.5. The van der Waals surface area contributed by atoms with Crippen molar-refractivity contribution in [3.8, 4) is 5.69 Å². The van der Waals surface area contributed by atoms with Crippen molar-refractivity contribution in [2.45, 2.75) is 26.4 Å². The number of aromatic nitrogens is 2. The minimum absolute atomic E-state index is 0.00801. The van der Waals surface area contributed by atoms with Crippen LogP contribution in [0.3, 0.4) is 0 Å². The first-order valence-corrected chi connectivity index (χ1v) is 5.95. The molecule has 2 aromatic rings. The van der Waals surface area contributed by atoms with Gasteiger partial charge < -0.3 is 5.11 Å². The first kappa shape index (κ1) is 12.1. The van der Waals surface area contributed by atoms with Crippen LogP contribution < -0.4 is 0 Å². The van der Waals surface area contributed by atoms with Crippen molar-refractivity contribution in [2.24, 2.45) is 0 Å². The molecule has 0 aliphatic heterocycles. The molecule has 0 saturated heterocycles. The molecule has 4 heteroatoms. The fraction of sp³-hybridized carbons (Fsp3) is 0.308. The summed E-state index contributed by atoms with van der Waals surface area (Å²) < 4.78 is 1.84. The molecule has 0 saturated carbocycles. The highest BCUT2D eigenvalue weighted by molar-refractivity contribution is 6.30. The molecular formula is C13H15ClN2O. The first-order chi connectivity index (χ1) is 8.13. The van der Waals surface area contributed by atoms with Crippen molar-refractivity contribution in [1.29, 1.82) is 0 Å². The standard InChI is InChI=1S/C13H15ClN2O/c1-9(2)13-10(8-17)7-15-16(13)12-5-3-4-11(14)6-12/h3-7,9,17H,8H2,1-2H3. The quantitative estimate of drug-likeness (QED) is 0.909. The van der Waals surface area contributed by atoms with Gasteiger partial charge in [-0.25, -0.2) is 4.68 Å². The van der Waals surface area contributed by atoms with Gasteiger partial charge in [-0.3, -0.25) is 0 Å². The molecule has 2 rings (SSSR count). The lowest BCUT2D eigenvalue weighted by Crippen LogP contribution is -2.05. The summed E-state index contributed by atoms with van der Waals surface area (Å²) in [6.45, 7) is 4.17. The molecule has 3 nitrogen and oxygen atoms in total. The predicted molar refractivity (Wildman–Crippen MR) is 68.6 cm³/mol. The third-order valence-electron chi connectivity index (χ3n) is 2.66. The lowest BCUT2D eigenvalue weighted by atomic mass is 10.1. The number of nitrogens with zero attached hydrogens (tertiary/aromatic N) is 2. The number of hydrogen-bond donors (Lipinski definition) is 1. The summed E-state index contributed by atoms with van der Waals surface area (Å²) in [6.07, 6.45) is 1.70. The molecular weight excluding hydrogens is 236 g/mol. The average Bonchev–Trinajstić information content (AvgIpc) is 2.72. The summed E-state index contributed by atoms with van der Waals surface area (Å²) in [5, 5.41) is 14.3. The Kier molecular flexibility index (Phi) is 3.50. The van der Waals surface area contributed by atoms with Crippen LogP contribution in [0.1, 0.15) is 31.0 Å². The van der Waals surface area contributed by atoms with E-state index < -0.39 is 0 Å². The topological polar surface area (TPSA) is 38.1 Å². The zero-order valence-corrected chi connectivity index (χ0v) is 10.6. The Morgan fingerprint density at radius 2 is 2.18 bits per heavy atom. The van der Waals surface area contributed by atoms with Gasteiger partial charge in [-0.1, -0.05) is 31.5 Å². The van der Waals surface area contributed by atoms with Crippen LogP contribution in [0.4, 0.5) is 0 Å². The van der Waals surface area contributed by atoms with Gasteiger partial charge in [0.25, 0.3) is 0 Å². The maximum atomic E-state index is 9.30. The highest BCUT2D eigenvalue weighted by Crippen LogP contribution is 2.24. The molecule has 17 heavy (non-hydrogen) atoms. The Morgan fingerprint density at radius 3 is 2.76 bits per heavy atom. The van der Waals surface area contributed by atoms with Crippen molar-refractivity contribution in [2.75, 3.05) is 0 Å². The third-order valence-corrected chi connectivity index (χ3v) is 2.89. The number of halogens is 1. The van der Waals surface area contributed by atoms with Gasteiger partial charge in [-0.15, -0.1) is 0 Å². The van der Waals surface area contributed by atoms with Gasteiger partial charge in [-0.2, -0.15) is 5.10 Å². The van der Waals surface area contributed by atoms with E-state index in [1.165, 1.54) is 0 Å². The fourth-order valence-electron chi connectivity index (χ4n) is 1.94. The van der Waals surface area contributed by atoms with Crippen LogP contribution in [0.2, 0.25) is 5.02 Å². The molecule has 0 aliphatic carbocycles. The summed E-state index contributed by atoms with van der Waals surface area (Å²) >= 11 is 5.98. The largest absolute Gasteiger partial charge is 0.392 e. The Hall–Kier alpha value is -1.32. The van der Waals surface area contributed by atoms with Crippen LogP contribution in [-0.4, -0.2) is 14.9 Å². The average molecular weight is 251 g/mol. The van der Waals surface area contributed by atoms with Crippen molar-refractivity contribution in [1.82, 2.24) is 9.78 Å². The van der Waals surface area contributed by atoms with Crippen molar-refractivity contribution in [3.05, 3.63) is 46.7 Å². The van der Waals surface area contributed by atoms with Crippen LogP contribution >= 0.6 is 11.6 Å². The van der Waals surface area contributed by atoms with Gasteiger partial charge in [0.15, 0.2) is 0 Å². The van der Waals surface area contributed by atoms with Crippen LogP contribution in [0, 0.1) is 0 Å². The maximum Gasteiger partial charge on any atom is 0.0715 e. The molecule has 0 unspecified atom stereocenters. The van der Waals surface area contributed by atoms with Crippen LogP contribution in [0.25, 0.3) is 5.69 Å². The van der Waals surface area contributed by atoms with E-state index in [0.717, 1.165) is 16.9 Å². The van der Waals surface area contributed by atoms with Gasteiger partial charge in [0.1, 0.15) is 0 Å². The number of aliphatic hydroxyl groups is 1. The number of benzene rings is 1. The van der Waals surface area contributed by atoms with E-state index in [4.69, 9.17) is 11.6 Å². The molecule has 1 aromatic heterocycles. The summed E-state index contributed by atoms with van der Waals surface area (Å²) in [5.74, 6) is 0.290. The van der Waals surface area contributed by atoms with E-state index in [-0.39, 0.29) is 6.61 Å². The number of rotatable bonds is 3. The summed E-state index contributed by atoms with van der Waals surface area (Å²) in [4.78, 5) is 0. The zero-order valence-electron chi connectivity index (χ0n) is 9.89. The zero-order chi connectivity index (χ0) is 12.4. The first-order valence-electron chi connectivity index (χ1n) is 5.57. The Morgan fingerprint density at radius 1 is 1.41 bits per heavy atom. The van der Waals surface area contributed by atoms with Gasteiger partial charge in [0.2, 0.25) is 0 Å². The molecule has 0 aliphatic rings. The molecule has 1 aromatic carbocycles. The molecule has 1 heterocycles. The van der Waals surface area contributed by atoms with E-state index in [0.29, 0.717) is 10.9 Å². The summed E-state index contributed by atoms with van der Waals surface area (Å²) in [5.41, 5.74) is 2.80. The van der Waals surface area contributed by atoms with Crippen molar-refractivity contribution < 1.29 is 5.11 Å². The molecule has 0 amide bonds. The molecule has 90 valence electrons. The SMILES string of the molecule is CC(C)c1c(CO)cnn1-c1cccc(Cl)c1. The van der Waals surface area contributed by atoms with Crippen molar-refractivity contribution >= 4 is 11.6 Å². The summed E-state index contributed by atoms with van der Waals surface area (Å²) in [7, 11) is 0. The molecule has 1 N–H and O–H groups in total. The Labute approximate surface area is 106 Å². The Balaban J connectivity index is 2.56. The summed E-state index contributed by atoms with van der Waals surface area (Å²) in [6, 6.07) is 7.53. The van der Waals surface area contributed by atoms with Crippen LogP contribution in [-0.2, 0) is 6.61 Å². The highest BCUT2D eigenvalue weighted by Gasteiger charge is 2.14. The normalized spacial score (nSPS) is 11.1. The second-order valence-electron chi connectivity index (χ2n) is 4.26. The van der Waals surface area contributed by atoms with E-state index >= 15 is 0 Å². The van der Waals surface area contributed by atoms with Crippen molar-refractivity contribution in [3.63, 3.8) is 0 Å². The molecule has 0 spiro atoms. The van der Waals surface area contributed by atoms with E-state index in [2.05, 4.69) is 18.9 Å². The van der Waals surface area contributed by atoms with Gasteiger partial charge in [-0.05, 0) is 24.1 Å².